The molecule has 80 valence electrons. The predicted octanol–water partition coefficient (Wildman–Crippen LogP) is 1.61. The third-order valence-corrected chi connectivity index (χ3v) is 1.98. The number of aromatic hydroxyl groups is 2. The molecule has 0 saturated heterocycles. The standard InChI is InChI=1S/C11H14N2O2/c1-8(13-6-5-12-2)10-4-3-9(14)7-11(10)15/h3-4,7,14-15H,2,5-6H2,1H3. The highest BCUT2D eigenvalue weighted by atomic mass is 16.3. The van der Waals surface area contributed by atoms with E-state index in [2.05, 4.69) is 16.7 Å². The molecule has 0 heterocycles. The number of phenolic OH excluding ortho intramolecular Hbond substituents is 2. The minimum atomic E-state index is 0.0304. The van der Waals surface area contributed by atoms with Crippen LogP contribution in [-0.4, -0.2) is 35.7 Å². The van der Waals surface area contributed by atoms with Gasteiger partial charge < -0.3 is 10.2 Å². The van der Waals surface area contributed by atoms with Gasteiger partial charge in [0.2, 0.25) is 0 Å². The number of nitrogens with zero attached hydrogens (tertiary/aromatic N) is 2. The van der Waals surface area contributed by atoms with Gasteiger partial charge in [0.05, 0.1) is 13.1 Å². The Morgan fingerprint density at radius 3 is 2.67 bits per heavy atom. The molecule has 0 aliphatic carbocycles. The molecule has 0 aromatic heterocycles. The summed E-state index contributed by atoms with van der Waals surface area (Å²) in [5.74, 6) is 0.0691. The summed E-state index contributed by atoms with van der Waals surface area (Å²) in [5.41, 5.74) is 1.34. The third-order valence-electron chi connectivity index (χ3n) is 1.98. The van der Waals surface area contributed by atoms with Crippen LogP contribution in [0.25, 0.3) is 0 Å². The normalized spacial score (nSPS) is 11.4. The first-order valence-corrected chi connectivity index (χ1v) is 4.61. The molecule has 0 aliphatic rings. The van der Waals surface area contributed by atoms with Gasteiger partial charge in [0.15, 0.2) is 0 Å². The first kappa shape index (κ1) is 11.2. The molecule has 1 aromatic carbocycles. The number of benzene rings is 1. The Morgan fingerprint density at radius 2 is 2.07 bits per heavy atom. The molecule has 0 saturated carbocycles. The van der Waals surface area contributed by atoms with E-state index in [0.29, 0.717) is 18.7 Å². The zero-order chi connectivity index (χ0) is 11.3. The summed E-state index contributed by atoms with van der Waals surface area (Å²) in [6, 6.07) is 4.44. The van der Waals surface area contributed by atoms with Crippen molar-refractivity contribution in [1.82, 2.24) is 0 Å². The Morgan fingerprint density at radius 1 is 1.33 bits per heavy atom. The lowest BCUT2D eigenvalue weighted by Gasteiger charge is -2.04. The van der Waals surface area contributed by atoms with Crippen LogP contribution in [-0.2, 0) is 0 Å². The Balaban J connectivity index is 2.85. The van der Waals surface area contributed by atoms with Crippen molar-refractivity contribution in [2.45, 2.75) is 6.92 Å². The van der Waals surface area contributed by atoms with Crippen LogP contribution in [0.2, 0.25) is 0 Å². The van der Waals surface area contributed by atoms with Crippen LogP contribution in [0.3, 0.4) is 0 Å². The number of aliphatic imine (C=N–C) groups is 2. The minimum absolute atomic E-state index is 0.0304. The monoisotopic (exact) mass is 206 g/mol. The number of phenols is 2. The van der Waals surface area contributed by atoms with Gasteiger partial charge in [0.25, 0.3) is 0 Å². The molecule has 0 bridgehead atoms. The molecule has 0 fully saturated rings. The third kappa shape index (κ3) is 3.09. The number of hydrogen-bond acceptors (Lipinski definition) is 4. The highest BCUT2D eigenvalue weighted by Crippen LogP contribution is 2.22. The summed E-state index contributed by atoms with van der Waals surface area (Å²) in [6.07, 6.45) is 0. The zero-order valence-corrected chi connectivity index (χ0v) is 8.64. The van der Waals surface area contributed by atoms with E-state index < -0.39 is 0 Å². The van der Waals surface area contributed by atoms with Crippen LogP contribution in [0.4, 0.5) is 0 Å². The van der Waals surface area contributed by atoms with Crippen LogP contribution >= 0.6 is 0 Å². The maximum atomic E-state index is 9.54. The van der Waals surface area contributed by atoms with E-state index in [1.54, 1.807) is 13.0 Å². The molecule has 4 heteroatoms. The van der Waals surface area contributed by atoms with Crippen LogP contribution in [0, 0.1) is 0 Å². The molecule has 0 spiro atoms. The lowest BCUT2D eigenvalue weighted by Crippen LogP contribution is -1.98. The molecule has 0 aliphatic heterocycles. The summed E-state index contributed by atoms with van der Waals surface area (Å²) in [7, 11) is 0. The maximum absolute atomic E-state index is 9.54. The van der Waals surface area contributed by atoms with Crippen molar-refractivity contribution in [3.05, 3.63) is 23.8 Å². The van der Waals surface area contributed by atoms with Gasteiger partial charge in [-0.05, 0) is 25.8 Å². The van der Waals surface area contributed by atoms with Crippen LogP contribution in [0.15, 0.2) is 28.2 Å². The summed E-state index contributed by atoms with van der Waals surface area (Å²) in [6.45, 7) is 6.28. The smallest absolute Gasteiger partial charge is 0.128 e. The molecular formula is C11H14N2O2. The van der Waals surface area contributed by atoms with E-state index in [-0.39, 0.29) is 11.5 Å². The van der Waals surface area contributed by atoms with Crippen molar-refractivity contribution in [1.29, 1.82) is 0 Å². The van der Waals surface area contributed by atoms with Gasteiger partial charge in [-0.15, -0.1) is 0 Å². The van der Waals surface area contributed by atoms with Gasteiger partial charge in [-0.3, -0.25) is 9.98 Å². The summed E-state index contributed by atoms with van der Waals surface area (Å²) < 4.78 is 0. The van der Waals surface area contributed by atoms with Gasteiger partial charge in [0.1, 0.15) is 11.5 Å². The van der Waals surface area contributed by atoms with Crippen molar-refractivity contribution >= 4 is 12.4 Å². The predicted molar refractivity (Wildman–Crippen MR) is 61.3 cm³/mol. The lowest BCUT2D eigenvalue weighted by molar-refractivity contribution is 0.450. The fraction of sp³-hybridized carbons (Fsp3) is 0.273. The molecule has 15 heavy (non-hydrogen) atoms. The molecule has 0 amide bonds. The van der Waals surface area contributed by atoms with E-state index in [9.17, 15) is 5.11 Å². The van der Waals surface area contributed by atoms with E-state index in [1.165, 1.54) is 12.1 Å². The molecule has 4 nitrogen and oxygen atoms in total. The van der Waals surface area contributed by atoms with Crippen LogP contribution < -0.4 is 0 Å². The second-order valence-electron chi connectivity index (χ2n) is 3.12. The summed E-state index contributed by atoms with van der Waals surface area (Å²) in [5, 5.41) is 18.7. The van der Waals surface area contributed by atoms with E-state index in [0.717, 1.165) is 5.71 Å². The van der Waals surface area contributed by atoms with Crippen LogP contribution in [0.1, 0.15) is 12.5 Å². The van der Waals surface area contributed by atoms with Crippen molar-refractivity contribution in [2.24, 2.45) is 9.98 Å². The first-order valence-electron chi connectivity index (χ1n) is 4.61. The topological polar surface area (TPSA) is 65.2 Å². The second kappa shape index (κ2) is 5.14. The van der Waals surface area contributed by atoms with E-state index >= 15 is 0 Å². The lowest BCUT2D eigenvalue weighted by atomic mass is 10.1. The van der Waals surface area contributed by atoms with Gasteiger partial charge in [0, 0.05) is 17.3 Å². The van der Waals surface area contributed by atoms with E-state index in [1.807, 2.05) is 0 Å². The van der Waals surface area contributed by atoms with E-state index in [4.69, 9.17) is 5.11 Å². The Hall–Kier alpha value is -1.84. The molecule has 0 unspecified atom stereocenters. The highest BCUT2D eigenvalue weighted by Gasteiger charge is 2.04. The van der Waals surface area contributed by atoms with Gasteiger partial charge in [-0.25, -0.2) is 0 Å². The molecule has 1 rings (SSSR count). The number of hydrogen-bond donors (Lipinski definition) is 2. The second-order valence-corrected chi connectivity index (χ2v) is 3.12. The molecule has 1 aromatic rings. The Kier molecular flexibility index (Phi) is 3.85. The van der Waals surface area contributed by atoms with Crippen LogP contribution in [0.5, 0.6) is 11.5 Å². The zero-order valence-electron chi connectivity index (χ0n) is 8.64. The van der Waals surface area contributed by atoms with Gasteiger partial charge in [-0.1, -0.05) is 0 Å². The summed E-state index contributed by atoms with van der Waals surface area (Å²) >= 11 is 0. The van der Waals surface area contributed by atoms with Crippen molar-refractivity contribution in [3.63, 3.8) is 0 Å². The average molecular weight is 206 g/mol. The largest absolute Gasteiger partial charge is 0.508 e. The van der Waals surface area contributed by atoms with Crippen molar-refractivity contribution in [3.8, 4) is 11.5 Å². The minimum Gasteiger partial charge on any atom is -0.508 e. The van der Waals surface area contributed by atoms with Gasteiger partial charge in [-0.2, -0.15) is 0 Å². The SMILES string of the molecule is C=NCCN=C(C)c1ccc(O)cc1O. The maximum Gasteiger partial charge on any atom is 0.128 e. The quantitative estimate of drug-likeness (QED) is 0.580. The Bertz CT molecular complexity index is 386. The van der Waals surface area contributed by atoms with Crippen molar-refractivity contribution in [2.75, 3.05) is 13.1 Å². The van der Waals surface area contributed by atoms with Gasteiger partial charge >= 0.3 is 0 Å². The number of rotatable bonds is 4. The first-order chi connectivity index (χ1) is 7.15. The fourth-order valence-electron chi connectivity index (χ4n) is 1.20. The molecule has 2 N–H and O–H groups in total. The molecule has 0 atom stereocenters. The molecular weight excluding hydrogens is 192 g/mol. The molecule has 0 radical (unpaired) electrons. The van der Waals surface area contributed by atoms with Crippen molar-refractivity contribution < 1.29 is 10.2 Å². The summed E-state index contributed by atoms with van der Waals surface area (Å²) in [4.78, 5) is 7.89. The Labute approximate surface area is 88.6 Å². The fourth-order valence-corrected chi connectivity index (χ4v) is 1.20. The highest BCUT2D eigenvalue weighted by molar-refractivity contribution is 6.01. The average Bonchev–Trinajstić information content (AvgIpc) is 2.17.